The number of fused-ring (bicyclic) bond motifs is 2. The highest BCUT2D eigenvalue weighted by Crippen LogP contribution is 2.37. The second kappa shape index (κ2) is 7.11. The second-order valence-corrected chi connectivity index (χ2v) is 8.69. The molecule has 5 rings (SSSR count). The molecule has 152 valence electrons. The monoisotopic (exact) mass is 412 g/mol. The summed E-state index contributed by atoms with van der Waals surface area (Å²) in [6.07, 6.45) is 7.65. The molecule has 1 saturated heterocycles. The van der Waals surface area contributed by atoms with Crippen LogP contribution in [0.25, 0.3) is 11.2 Å². The van der Waals surface area contributed by atoms with Gasteiger partial charge in [-0.2, -0.15) is 5.10 Å². The van der Waals surface area contributed by atoms with Crippen molar-refractivity contribution in [3.8, 4) is 0 Å². The Morgan fingerprint density at radius 2 is 2.07 bits per heavy atom. The number of nitrogens with two attached hydrogens (primary N) is 1. The summed E-state index contributed by atoms with van der Waals surface area (Å²) >= 11 is 6.32. The molecule has 2 aliphatic rings. The number of H-pyrrole nitrogens is 1. The molecule has 3 aromatic heterocycles. The van der Waals surface area contributed by atoms with E-state index in [-0.39, 0.29) is 5.41 Å². The van der Waals surface area contributed by atoms with E-state index in [0.29, 0.717) is 10.8 Å². The molecule has 2 aliphatic heterocycles. The van der Waals surface area contributed by atoms with Crippen molar-refractivity contribution >= 4 is 40.1 Å². The number of aromatic nitrogens is 5. The van der Waals surface area contributed by atoms with Crippen LogP contribution in [0.2, 0.25) is 5.15 Å². The van der Waals surface area contributed by atoms with Crippen LogP contribution in [-0.2, 0) is 6.42 Å². The molecule has 0 amide bonds. The quantitative estimate of drug-likeness (QED) is 0.637. The van der Waals surface area contributed by atoms with E-state index >= 15 is 0 Å². The molecule has 29 heavy (non-hydrogen) atoms. The molecule has 0 saturated carbocycles. The average Bonchev–Trinajstić information content (AvgIpc) is 3.17. The van der Waals surface area contributed by atoms with Gasteiger partial charge < -0.3 is 15.5 Å². The van der Waals surface area contributed by atoms with Crippen molar-refractivity contribution in [1.82, 2.24) is 25.1 Å². The third-order valence-electron chi connectivity index (χ3n) is 6.36. The van der Waals surface area contributed by atoms with Crippen LogP contribution in [0.15, 0.2) is 18.5 Å². The van der Waals surface area contributed by atoms with Gasteiger partial charge in [0.25, 0.3) is 0 Å². The maximum atomic E-state index is 6.32. The molecule has 8 nitrogen and oxygen atoms in total. The Bertz CT molecular complexity index is 1040. The molecular weight excluding hydrogens is 388 g/mol. The minimum absolute atomic E-state index is 0.229. The number of nitrogens with one attached hydrogen (secondary N) is 1. The van der Waals surface area contributed by atoms with Crippen molar-refractivity contribution in [3.05, 3.63) is 29.2 Å². The highest BCUT2D eigenvalue weighted by Gasteiger charge is 2.30. The lowest BCUT2D eigenvalue weighted by molar-refractivity contribution is 0.258. The smallest absolute Gasteiger partial charge is 0.183 e. The number of aromatic amines is 1. The lowest BCUT2D eigenvalue weighted by atomic mass is 9.80. The molecule has 9 heteroatoms. The van der Waals surface area contributed by atoms with Crippen molar-refractivity contribution in [2.24, 2.45) is 11.1 Å². The first-order valence-corrected chi connectivity index (χ1v) is 10.5. The fourth-order valence-electron chi connectivity index (χ4n) is 4.30. The van der Waals surface area contributed by atoms with Gasteiger partial charge in [0.05, 0.1) is 11.9 Å². The third kappa shape index (κ3) is 3.20. The van der Waals surface area contributed by atoms with Crippen LogP contribution in [0.5, 0.6) is 0 Å². The number of anilines is 3. The fourth-order valence-corrected chi connectivity index (χ4v) is 4.54. The molecule has 5 heterocycles. The molecule has 0 radical (unpaired) electrons. The van der Waals surface area contributed by atoms with Crippen molar-refractivity contribution in [2.75, 3.05) is 36.0 Å². The topological polar surface area (TPSA) is 99.9 Å². The third-order valence-corrected chi connectivity index (χ3v) is 6.69. The minimum Gasteiger partial charge on any atom is -0.355 e. The van der Waals surface area contributed by atoms with E-state index in [4.69, 9.17) is 27.3 Å². The zero-order chi connectivity index (χ0) is 20.0. The molecule has 1 fully saturated rings. The van der Waals surface area contributed by atoms with E-state index in [1.165, 1.54) is 0 Å². The van der Waals surface area contributed by atoms with Crippen LogP contribution >= 0.6 is 11.6 Å². The summed E-state index contributed by atoms with van der Waals surface area (Å²) in [5.74, 6) is 1.68. The predicted molar refractivity (Wildman–Crippen MR) is 115 cm³/mol. The van der Waals surface area contributed by atoms with E-state index < -0.39 is 0 Å². The summed E-state index contributed by atoms with van der Waals surface area (Å²) in [6.45, 7) is 5.74. The van der Waals surface area contributed by atoms with Gasteiger partial charge in [-0.05, 0) is 43.7 Å². The minimum atomic E-state index is 0.229. The molecule has 0 unspecified atom stereocenters. The zero-order valence-electron chi connectivity index (χ0n) is 16.5. The Morgan fingerprint density at radius 1 is 1.24 bits per heavy atom. The van der Waals surface area contributed by atoms with Crippen LogP contribution in [0.3, 0.4) is 0 Å². The SMILES string of the molecule is CC1(CN)CCN(c2cnc3c(N4CCCc5c4ccnc5Cl)n[nH]c3n2)CC1. The van der Waals surface area contributed by atoms with Gasteiger partial charge in [-0.25, -0.2) is 15.0 Å². The van der Waals surface area contributed by atoms with Crippen molar-refractivity contribution in [3.63, 3.8) is 0 Å². The largest absolute Gasteiger partial charge is 0.355 e. The van der Waals surface area contributed by atoms with Gasteiger partial charge in [-0.1, -0.05) is 18.5 Å². The van der Waals surface area contributed by atoms with Crippen LogP contribution < -0.4 is 15.5 Å². The van der Waals surface area contributed by atoms with E-state index in [0.717, 1.165) is 80.3 Å². The van der Waals surface area contributed by atoms with Crippen LogP contribution in [0.4, 0.5) is 17.3 Å². The summed E-state index contributed by atoms with van der Waals surface area (Å²) in [5, 5.41) is 8.19. The number of hydrogen-bond acceptors (Lipinski definition) is 7. The Hall–Kier alpha value is -2.45. The predicted octanol–water partition coefficient (Wildman–Crippen LogP) is 3.05. The highest BCUT2D eigenvalue weighted by atomic mass is 35.5. The van der Waals surface area contributed by atoms with E-state index in [1.807, 2.05) is 12.3 Å². The first-order valence-electron chi connectivity index (χ1n) is 10.1. The summed E-state index contributed by atoms with van der Waals surface area (Å²) in [4.78, 5) is 18.2. The number of nitrogens with zero attached hydrogens (tertiary/aromatic N) is 6. The zero-order valence-corrected chi connectivity index (χ0v) is 17.3. The molecule has 3 N–H and O–H groups in total. The normalized spacial score (nSPS) is 18.9. The summed E-state index contributed by atoms with van der Waals surface area (Å²) in [6, 6.07) is 1.99. The van der Waals surface area contributed by atoms with E-state index in [9.17, 15) is 0 Å². The maximum Gasteiger partial charge on any atom is 0.183 e. The molecular formula is C20H25ClN8. The number of pyridine rings is 1. The maximum absolute atomic E-state index is 6.32. The highest BCUT2D eigenvalue weighted by molar-refractivity contribution is 6.30. The molecule has 3 aromatic rings. The number of piperidine rings is 1. The first kappa shape index (κ1) is 18.6. The second-order valence-electron chi connectivity index (χ2n) is 8.33. The van der Waals surface area contributed by atoms with Gasteiger partial charge in [-0.15, -0.1) is 0 Å². The lowest BCUT2D eigenvalue weighted by Crippen LogP contribution is -2.42. The standard InChI is InChI=1S/C20H25ClN8/c1-20(12-22)5-9-28(10-6-20)15-11-24-16-18(25-15)26-27-19(16)29-8-2-3-13-14(29)4-7-23-17(13)21/h4,7,11H,2-3,5-6,8-10,12,22H2,1H3,(H,25,26,27). The van der Waals surface area contributed by atoms with Gasteiger partial charge in [0.1, 0.15) is 11.0 Å². The molecule has 0 spiro atoms. The average molecular weight is 413 g/mol. The summed E-state index contributed by atoms with van der Waals surface area (Å²) in [7, 11) is 0. The summed E-state index contributed by atoms with van der Waals surface area (Å²) in [5.41, 5.74) is 9.76. The lowest BCUT2D eigenvalue weighted by Gasteiger charge is -2.39. The fraction of sp³-hybridized carbons (Fsp3) is 0.500. The van der Waals surface area contributed by atoms with Crippen molar-refractivity contribution in [1.29, 1.82) is 0 Å². The Labute approximate surface area is 174 Å². The molecule has 0 aliphatic carbocycles. The molecule has 0 aromatic carbocycles. The van der Waals surface area contributed by atoms with E-state index in [1.54, 1.807) is 6.20 Å². The van der Waals surface area contributed by atoms with Gasteiger partial charge >= 0.3 is 0 Å². The van der Waals surface area contributed by atoms with Crippen LogP contribution in [0, 0.1) is 5.41 Å². The Kier molecular flexibility index (Phi) is 4.55. The van der Waals surface area contributed by atoms with Crippen molar-refractivity contribution in [2.45, 2.75) is 32.6 Å². The van der Waals surface area contributed by atoms with Gasteiger partial charge in [0.15, 0.2) is 17.0 Å². The van der Waals surface area contributed by atoms with Gasteiger partial charge in [0, 0.05) is 31.4 Å². The van der Waals surface area contributed by atoms with Crippen LogP contribution in [0.1, 0.15) is 31.7 Å². The first-order chi connectivity index (χ1) is 14.1. The van der Waals surface area contributed by atoms with Crippen LogP contribution in [-0.4, -0.2) is 51.3 Å². The number of halogens is 1. The Morgan fingerprint density at radius 3 is 2.86 bits per heavy atom. The summed E-state index contributed by atoms with van der Waals surface area (Å²) < 4.78 is 0. The Balaban J connectivity index is 1.45. The number of rotatable bonds is 3. The van der Waals surface area contributed by atoms with E-state index in [2.05, 4.69) is 31.9 Å². The number of hydrogen-bond donors (Lipinski definition) is 2. The van der Waals surface area contributed by atoms with Gasteiger partial charge in [-0.3, -0.25) is 5.10 Å². The van der Waals surface area contributed by atoms with Crippen molar-refractivity contribution < 1.29 is 0 Å². The molecule has 0 atom stereocenters. The van der Waals surface area contributed by atoms with Gasteiger partial charge in [0.2, 0.25) is 0 Å². The molecule has 0 bridgehead atoms.